The van der Waals surface area contributed by atoms with Crippen molar-refractivity contribution >= 4 is 5.96 Å². The first kappa shape index (κ1) is 18.2. The number of unbranched alkanes of at least 4 members (excludes halogenated alkanes) is 3. The van der Waals surface area contributed by atoms with Crippen LogP contribution < -0.4 is 10.6 Å². The summed E-state index contributed by atoms with van der Waals surface area (Å²) in [5.74, 6) is 0.968. The van der Waals surface area contributed by atoms with Crippen molar-refractivity contribution < 1.29 is 4.74 Å². The van der Waals surface area contributed by atoms with Gasteiger partial charge in [0.05, 0.1) is 13.2 Å². The third-order valence-corrected chi connectivity index (χ3v) is 3.67. The van der Waals surface area contributed by atoms with Crippen molar-refractivity contribution in [3.05, 3.63) is 0 Å². The Balaban J connectivity index is 2.11. The lowest BCUT2D eigenvalue weighted by atomic mass is 10.2. The summed E-state index contributed by atoms with van der Waals surface area (Å²) in [5.41, 5.74) is 0. The van der Waals surface area contributed by atoms with Crippen LogP contribution in [-0.2, 0) is 4.74 Å². The third kappa shape index (κ3) is 9.69. The van der Waals surface area contributed by atoms with Gasteiger partial charge in [-0.3, -0.25) is 9.89 Å². The SMILES string of the molecule is CCCCCCNC(=NCCCN1CCOCC1)NCC. The zero-order chi connectivity index (χ0) is 15.2. The molecule has 0 aromatic carbocycles. The molecule has 1 rings (SSSR count). The van der Waals surface area contributed by atoms with Crippen molar-refractivity contribution in [3.63, 3.8) is 0 Å². The Kier molecular flexibility index (Phi) is 11.2. The second-order valence-electron chi connectivity index (χ2n) is 5.56. The highest BCUT2D eigenvalue weighted by Gasteiger charge is 2.08. The summed E-state index contributed by atoms with van der Waals surface area (Å²) < 4.78 is 5.36. The van der Waals surface area contributed by atoms with Gasteiger partial charge in [0.25, 0.3) is 0 Å². The van der Waals surface area contributed by atoms with Crippen LogP contribution in [0.4, 0.5) is 0 Å². The quantitative estimate of drug-likeness (QED) is 0.367. The van der Waals surface area contributed by atoms with Crippen LogP contribution in [-0.4, -0.2) is 63.3 Å². The fourth-order valence-corrected chi connectivity index (χ4v) is 2.41. The molecular weight excluding hydrogens is 264 g/mol. The lowest BCUT2D eigenvalue weighted by Crippen LogP contribution is -2.38. The Bertz CT molecular complexity index is 265. The molecule has 0 spiro atoms. The smallest absolute Gasteiger partial charge is 0.191 e. The Hall–Kier alpha value is -0.810. The zero-order valence-corrected chi connectivity index (χ0v) is 14.0. The van der Waals surface area contributed by atoms with Gasteiger partial charge in [-0.1, -0.05) is 26.2 Å². The van der Waals surface area contributed by atoms with Crippen LogP contribution in [0.1, 0.15) is 46.0 Å². The molecule has 5 nitrogen and oxygen atoms in total. The summed E-state index contributed by atoms with van der Waals surface area (Å²) in [5, 5.41) is 6.74. The van der Waals surface area contributed by atoms with Crippen molar-refractivity contribution in [2.75, 3.05) is 52.5 Å². The summed E-state index contributed by atoms with van der Waals surface area (Å²) in [6.07, 6.45) is 6.27. The third-order valence-electron chi connectivity index (χ3n) is 3.67. The number of ether oxygens (including phenoxy) is 1. The molecule has 0 aromatic rings. The lowest BCUT2D eigenvalue weighted by Gasteiger charge is -2.26. The average Bonchev–Trinajstić information content (AvgIpc) is 2.52. The predicted octanol–water partition coefficient (Wildman–Crippen LogP) is 1.84. The topological polar surface area (TPSA) is 48.9 Å². The minimum Gasteiger partial charge on any atom is -0.379 e. The number of morpholine rings is 1. The Labute approximate surface area is 130 Å². The normalized spacial score (nSPS) is 17.0. The van der Waals surface area contributed by atoms with Gasteiger partial charge in [-0.2, -0.15) is 0 Å². The standard InChI is InChI=1S/C16H34N4O/c1-3-5-6-7-9-18-16(17-4-2)19-10-8-11-20-12-14-21-15-13-20/h3-15H2,1-2H3,(H2,17,18,19). The van der Waals surface area contributed by atoms with Crippen molar-refractivity contribution in [3.8, 4) is 0 Å². The number of hydrogen-bond donors (Lipinski definition) is 2. The second kappa shape index (κ2) is 12.9. The average molecular weight is 298 g/mol. The van der Waals surface area contributed by atoms with Gasteiger partial charge >= 0.3 is 0 Å². The largest absolute Gasteiger partial charge is 0.379 e. The number of rotatable bonds is 10. The molecule has 0 atom stereocenters. The molecule has 0 saturated carbocycles. The Morgan fingerprint density at radius 1 is 1.05 bits per heavy atom. The molecule has 0 amide bonds. The molecule has 1 saturated heterocycles. The van der Waals surface area contributed by atoms with Crippen molar-refractivity contribution in [2.24, 2.45) is 4.99 Å². The summed E-state index contributed by atoms with van der Waals surface area (Å²) in [6, 6.07) is 0. The molecule has 21 heavy (non-hydrogen) atoms. The van der Waals surface area contributed by atoms with E-state index in [2.05, 4.69) is 34.4 Å². The van der Waals surface area contributed by atoms with Gasteiger partial charge in [0.1, 0.15) is 0 Å². The minimum atomic E-state index is 0.880. The molecule has 0 unspecified atom stereocenters. The van der Waals surface area contributed by atoms with E-state index in [4.69, 9.17) is 4.74 Å². The Morgan fingerprint density at radius 3 is 2.57 bits per heavy atom. The predicted molar refractivity (Wildman–Crippen MR) is 90.0 cm³/mol. The van der Waals surface area contributed by atoms with Crippen molar-refractivity contribution in [2.45, 2.75) is 46.0 Å². The van der Waals surface area contributed by atoms with E-state index in [1.807, 2.05) is 0 Å². The molecule has 0 aromatic heterocycles. The van der Waals surface area contributed by atoms with E-state index in [0.717, 1.165) is 64.9 Å². The van der Waals surface area contributed by atoms with Gasteiger partial charge in [-0.05, 0) is 19.8 Å². The Morgan fingerprint density at radius 2 is 1.86 bits per heavy atom. The molecule has 1 aliphatic heterocycles. The van der Waals surface area contributed by atoms with Gasteiger partial charge in [-0.25, -0.2) is 0 Å². The second-order valence-corrected chi connectivity index (χ2v) is 5.56. The van der Waals surface area contributed by atoms with E-state index in [1.165, 1.54) is 25.7 Å². The number of nitrogens with zero attached hydrogens (tertiary/aromatic N) is 2. The molecule has 1 heterocycles. The highest BCUT2D eigenvalue weighted by Crippen LogP contribution is 1.98. The number of nitrogens with one attached hydrogen (secondary N) is 2. The van der Waals surface area contributed by atoms with Crippen molar-refractivity contribution in [1.29, 1.82) is 0 Å². The van der Waals surface area contributed by atoms with Crippen LogP contribution in [0, 0.1) is 0 Å². The fraction of sp³-hybridized carbons (Fsp3) is 0.938. The first-order chi connectivity index (χ1) is 10.4. The fourth-order valence-electron chi connectivity index (χ4n) is 2.41. The maximum Gasteiger partial charge on any atom is 0.191 e. The van der Waals surface area contributed by atoms with Crippen LogP contribution >= 0.6 is 0 Å². The first-order valence-corrected chi connectivity index (χ1v) is 8.69. The molecule has 1 fully saturated rings. The molecule has 0 aliphatic carbocycles. The molecule has 5 heteroatoms. The molecule has 124 valence electrons. The van der Waals surface area contributed by atoms with E-state index in [9.17, 15) is 0 Å². The lowest BCUT2D eigenvalue weighted by molar-refractivity contribution is 0.0377. The summed E-state index contributed by atoms with van der Waals surface area (Å²) >= 11 is 0. The molecule has 2 N–H and O–H groups in total. The van der Waals surface area contributed by atoms with Gasteiger partial charge in [0, 0.05) is 39.3 Å². The van der Waals surface area contributed by atoms with Gasteiger partial charge in [0.2, 0.25) is 0 Å². The molecule has 0 bridgehead atoms. The van der Waals surface area contributed by atoms with E-state index < -0.39 is 0 Å². The monoisotopic (exact) mass is 298 g/mol. The maximum atomic E-state index is 5.36. The van der Waals surface area contributed by atoms with E-state index in [0.29, 0.717) is 0 Å². The van der Waals surface area contributed by atoms with E-state index in [-0.39, 0.29) is 0 Å². The summed E-state index contributed by atoms with van der Waals surface area (Å²) in [7, 11) is 0. The van der Waals surface area contributed by atoms with Crippen LogP contribution in [0.3, 0.4) is 0 Å². The van der Waals surface area contributed by atoms with Crippen molar-refractivity contribution in [1.82, 2.24) is 15.5 Å². The van der Waals surface area contributed by atoms with Crippen LogP contribution in [0.2, 0.25) is 0 Å². The van der Waals surface area contributed by atoms with Gasteiger partial charge in [0.15, 0.2) is 5.96 Å². The summed E-state index contributed by atoms with van der Waals surface area (Å²) in [4.78, 5) is 7.11. The number of guanidine groups is 1. The summed E-state index contributed by atoms with van der Waals surface area (Å²) in [6.45, 7) is 12.2. The van der Waals surface area contributed by atoms with Crippen LogP contribution in [0.25, 0.3) is 0 Å². The zero-order valence-electron chi connectivity index (χ0n) is 14.0. The number of aliphatic imine (C=N–C) groups is 1. The molecular formula is C16H34N4O. The highest BCUT2D eigenvalue weighted by atomic mass is 16.5. The molecule has 1 aliphatic rings. The number of hydrogen-bond acceptors (Lipinski definition) is 3. The first-order valence-electron chi connectivity index (χ1n) is 8.69. The maximum absolute atomic E-state index is 5.36. The van der Waals surface area contributed by atoms with E-state index in [1.54, 1.807) is 0 Å². The van der Waals surface area contributed by atoms with Crippen LogP contribution in [0.15, 0.2) is 4.99 Å². The molecule has 0 radical (unpaired) electrons. The highest BCUT2D eigenvalue weighted by molar-refractivity contribution is 5.79. The van der Waals surface area contributed by atoms with Gasteiger partial charge < -0.3 is 15.4 Å². The van der Waals surface area contributed by atoms with Gasteiger partial charge in [-0.15, -0.1) is 0 Å². The minimum absolute atomic E-state index is 0.880. The van der Waals surface area contributed by atoms with Crippen LogP contribution in [0.5, 0.6) is 0 Å². The van der Waals surface area contributed by atoms with E-state index >= 15 is 0 Å².